The summed E-state index contributed by atoms with van der Waals surface area (Å²) in [6.07, 6.45) is 3.88. The number of β-amino-alcohol motifs (C(OH)–C–C–N with tert-alkyl or cyclic N) is 1. The van der Waals surface area contributed by atoms with Gasteiger partial charge in [-0.1, -0.05) is 0 Å². The number of fused-ring (bicyclic) bond motifs is 1. The molecule has 4 heteroatoms. The molecule has 15 heavy (non-hydrogen) atoms. The van der Waals surface area contributed by atoms with E-state index in [1.807, 2.05) is 7.05 Å². The fraction of sp³-hybridized carbons (Fsp3) is 1.00. The number of morpholine rings is 1. The maximum Gasteiger partial charge on any atom is 0.0791 e. The zero-order valence-electron chi connectivity index (χ0n) is 9.48. The third-order valence-corrected chi connectivity index (χ3v) is 3.48. The molecule has 2 rings (SSSR count). The summed E-state index contributed by atoms with van der Waals surface area (Å²) in [5.74, 6) is 0. The molecule has 1 saturated heterocycles. The fourth-order valence-electron chi connectivity index (χ4n) is 2.80. The zero-order chi connectivity index (χ0) is 10.7. The summed E-state index contributed by atoms with van der Waals surface area (Å²) in [5.41, 5.74) is 0. The Morgan fingerprint density at radius 2 is 2.40 bits per heavy atom. The standard InChI is InChI=1S/C11H22N2O2/c1-12-7-9(14)8-13-5-6-15-11-4-2-3-10(11)13/h9-12,14H,2-8H2,1H3. The highest BCUT2D eigenvalue weighted by Gasteiger charge is 2.36. The molecule has 4 nitrogen and oxygen atoms in total. The number of nitrogens with one attached hydrogen (secondary N) is 1. The lowest BCUT2D eigenvalue weighted by atomic mass is 10.1. The van der Waals surface area contributed by atoms with Gasteiger partial charge >= 0.3 is 0 Å². The summed E-state index contributed by atoms with van der Waals surface area (Å²) in [4.78, 5) is 2.41. The van der Waals surface area contributed by atoms with Crippen LogP contribution < -0.4 is 5.32 Å². The van der Waals surface area contributed by atoms with Crippen molar-refractivity contribution in [3.63, 3.8) is 0 Å². The summed E-state index contributed by atoms with van der Waals surface area (Å²) >= 11 is 0. The summed E-state index contributed by atoms with van der Waals surface area (Å²) in [6.45, 7) is 3.26. The Hall–Kier alpha value is -0.160. The monoisotopic (exact) mass is 214 g/mol. The Morgan fingerprint density at radius 1 is 1.53 bits per heavy atom. The van der Waals surface area contributed by atoms with Crippen LogP contribution >= 0.6 is 0 Å². The molecule has 0 amide bonds. The second-order valence-corrected chi connectivity index (χ2v) is 4.61. The number of nitrogens with zero attached hydrogens (tertiary/aromatic N) is 1. The van der Waals surface area contributed by atoms with Crippen molar-refractivity contribution in [3.05, 3.63) is 0 Å². The van der Waals surface area contributed by atoms with Crippen molar-refractivity contribution in [2.24, 2.45) is 0 Å². The molecule has 3 unspecified atom stereocenters. The zero-order valence-corrected chi connectivity index (χ0v) is 9.48. The van der Waals surface area contributed by atoms with Crippen molar-refractivity contribution in [3.8, 4) is 0 Å². The van der Waals surface area contributed by atoms with Gasteiger partial charge in [0, 0.05) is 25.7 Å². The van der Waals surface area contributed by atoms with Crippen LogP contribution in [0.3, 0.4) is 0 Å². The Balaban J connectivity index is 1.84. The molecule has 1 aliphatic heterocycles. The first-order valence-corrected chi connectivity index (χ1v) is 5.99. The van der Waals surface area contributed by atoms with Gasteiger partial charge in [-0.3, -0.25) is 4.90 Å². The number of ether oxygens (including phenoxy) is 1. The number of aliphatic hydroxyl groups excluding tert-OH is 1. The van der Waals surface area contributed by atoms with Gasteiger partial charge in [0.25, 0.3) is 0 Å². The SMILES string of the molecule is CNCC(O)CN1CCOC2CCCC21. The van der Waals surface area contributed by atoms with E-state index < -0.39 is 0 Å². The maximum absolute atomic E-state index is 9.78. The molecular weight excluding hydrogens is 192 g/mol. The molecule has 1 aliphatic carbocycles. The molecule has 88 valence electrons. The molecule has 0 aromatic carbocycles. The van der Waals surface area contributed by atoms with Crippen molar-refractivity contribution in [1.82, 2.24) is 10.2 Å². The molecule has 0 radical (unpaired) electrons. The van der Waals surface area contributed by atoms with Gasteiger partial charge in [-0.2, -0.15) is 0 Å². The van der Waals surface area contributed by atoms with Crippen LogP contribution in [0.1, 0.15) is 19.3 Å². The van der Waals surface area contributed by atoms with E-state index >= 15 is 0 Å². The van der Waals surface area contributed by atoms with Crippen LogP contribution in [0.4, 0.5) is 0 Å². The number of hydrogen-bond donors (Lipinski definition) is 2. The normalized spacial score (nSPS) is 34.0. The lowest BCUT2D eigenvalue weighted by Gasteiger charge is -2.38. The third kappa shape index (κ3) is 2.69. The third-order valence-electron chi connectivity index (χ3n) is 3.48. The quantitative estimate of drug-likeness (QED) is 0.681. The average Bonchev–Trinajstić information content (AvgIpc) is 2.67. The van der Waals surface area contributed by atoms with E-state index in [0.717, 1.165) is 19.7 Å². The molecule has 2 fully saturated rings. The van der Waals surface area contributed by atoms with Crippen molar-refractivity contribution >= 4 is 0 Å². The molecule has 0 bridgehead atoms. The van der Waals surface area contributed by atoms with E-state index in [-0.39, 0.29) is 6.10 Å². The van der Waals surface area contributed by atoms with Gasteiger partial charge in [0.05, 0.1) is 18.8 Å². The van der Waals surface area contributed by atoms with Crippen LogP contribution in [-0.2, 0) is 4.74 Å². The molecule has 1 saturated carbocycles. The first-order chi connectivity index (χ1) is 7.31. The van der Waals surface area contributed by atoms with E-state index in [4.69, 9.17) is 4.74 Å². The highest BCUT2D eigenvalue weighted by Crippen LogP contribution is 2.29. The summed E-state index contributed by atoms with van der Waals surface area (Å²) in [6, 6.07) is 0.560. The largest absolute Gasteiger partial charge is 0.390 e. The first kappa shape index (κ1) is 11.3. The second-order valence-electron chi connectivity index (χ2n) is 4.61. The van der Waals surface area contributed by atoms with Crippen LogP contribution in [0.25, 0.3) is 0 Å². The van der Waals surface area contributed by atoms with Gasteiger partial charge < -0.3 is 15.2 Å². The minimum absolute atomic E-state index is 0.255. The predicted molar refractivity (Wildman–Crippen MR) is 58.9 cm³/mol. The van der Waals surface area contributed by atoms with E-state index in [9.17, 15) is 5.11 Å². The molecular formula is C11H22N2O2. The lowest BCUT2D eigenvalue weighted by Crippen LogP contribution is -2.51. The van der Waals surface area contributed by atoms with Gasteiger partial charge in [0.2, 0.25) is 0 Å². The fourth-order valence-corrected chi connectivity index (χ4v) is 2.80. The number of likely N-dealkylation sites (N-methyl/N-ethyl adjacent to an activating group) is 1. The number of rotatable bonds is 4. The smallest absolute Gasteiger partial charge is 0.0791 e. The highest BCUT2D eigenvalue weighted by molar-refractivity contribution is 4.90. The van der Waals surface area contributed by atoms with Gasteiger partial charge in [-0.05, 0) is 26.3 Å². The van der Waals surface area contributed by atoms with Gasteiger partial charge in [-0.25, -0.2) is 0 Å². The molecule has 0 spiro atoms. The minimum Gasteiger partial charge on any atom is -0.390 e. The van der Waals surface area contributed by atoms with E-state index in [0.29, 0.717) is 18.7 Å². The van der Waals surface area contributed by atoms with Crippen molar-refractivity contribution in [2.45, 2.75) is 37.5 Å². The van der Waals surface area contributed by atoms with Crippen molar-refractivity contribution in [2.75, 3.05) is 33.3 Å². The van der Waals surface area contributed by atoms with Crippen molar-refractivity contribution < 1.29 is 9.84 Å². The van der Waals surface area contributed by atoms with E-state index in [2.05, 4.69) is 10.2 Å². The van der Waals surface area contributed by atoms with Gasteiger partial charge in [-0.15, -0.1) is 0 Å². The summed E-state index contributed by atoms with van der Waals surface area (Å²) in [7, 11) is 1.88. The van der Waals surface area contributed by atoms with Crippen LogP contribution in [0.2, 0.25) is 0 Å². The lowest BCUT2D eigenvalue weighted by molar-refractivity contribution is -0.0667. The Morgan fingerprint density at radius 3 is 3.20 bits per heavy atom. The minimum atomic E-state index is -0.255. The maximum atomic E-state index is 9.78. The number of aliphatic hydroxyl groups is 1. The van der Waals surface area contributed by atoms with E-state index in [1.165, 1.54) is 19.3 Å². The van der Waals surface area contributed by atoms with Crippen LogP contribution in [0.5, 0.6) is 0 Å². The Bertz CT molecular complexity index is 201. The van der Waals surface area contributed by atoms with Gasteiger partial charge in [0.15, 0.2) is 0 Å². The Labute approximate surface area is 91.6 Å². The predicted octanol–water partition coefficient (Wildman–Crippen LogP) is -0.180. The molecule has 1 heterocycles. The average molecular weight is 214 g/mol. The van der Waals surface area contributed by atoms with Crippen molar-refractivity contribution in [1.29, 1.82) is 0 Å². The topological polar surface area (TPSA) is 44.7 Å². The van der Waals surface area contributed by atoms with E-state index in [1.54, 1.807) is 0 Å². The summed E-state index contributed by atoms with van der Waals surface area (Å²) < 4.78 is 5.73. The van der Waals surface area contributed by atoms with Gasteiger partial charge in [0.1, 0.15) is 0 Å². The second kappa shape index (κ2) is 5.25. The molecule has 3 atom stereocenters. The highest BCUT2D eigenvalue weighted by atomic mass is 16.5. The van der Waals surface area contributed by atoms with Crippen LogP contribution in [0.15, 0.2) is 0 Å². The molecule has 2 aliphatic rings. The molecule has 0 aromatic rings. The Kier molecular flexibility index (Phi) is 3.97. The molecule has 2 N–H and O–H groups in total. The van der Waals surface area contributed by atoms with Crippen LogP contribution in [0, 0.1) is 0 Å². The first-order valence-electron chi connectivity index (χ1n) is 5.99. The van der Waals surface area contributed by atoms with Crippen LogP contribution in [-0.4, -0.2) is 61.5 Å². The molecule has 0 aromatic heterocycles. The number of hydrogen-bond acceptors (Lipinski definition) is 4. The summed E-state index contributed by atoms with van der Waals surface area (Å²) in [5, 5.41) is 12.8.